The molecule has 0 aromatic rings. The van der Waals surface area contributed by atoms with Crippen LogP contribution in [0.4, 0.5) is 0 Å². The number of amidine groups is 1. The second-order valence-corrected chi connectivity index (χ2v) is 3.98. The average molecular weight is 227 g/mol. The van der Waals surface area contributed by atoms with Crippen molar-refractivity contribution in [3.05, 3.63) is 12.3 Å². The van der Waals surface area contributed by atoms with Crippen molar-refractivity contribution in [2.45, 2.75) is 30.9 Å². The maximum Gasteiger partial charge on any atom is 0.232 e. The first-order chi connectivity index (χ1) is 7.70. The standard InChI is InChI=1S/C9H13N3O4/c10-5-1-2-12-8-7(16-9(12)11-5)6(14)4(3-13)15-8/h1-2,4,6-9,13-14H,3H2,(H2,10,11)/t4-,6+,7+,8-,9+/m0/s1. The van der Waals surface area contributed by atoms with Crippen LogP contribution >= 0.6 is 0 Å². The quantitative estimate of drug-likeness (QED) is 0.476. The zero-order chi connectivity index (χ0) is 11.3. The van der Waals surface area contributed by atoms with E-state index in [2.05, 4.69) is 4.99 Å². The number of ether oxygens (including phenoxy) is 2. The van der Waals surface area contributed by atoms with Crippen molar-refractivity contribution in [2.24, 2.45) is 10.7 Å². The fourth-order valence-corrected chi connectivity index (χ4v) is 2.18. The average Bonchev–Trinajstić information content (AvgIpc) is 2.75. The molecular weight excluding hydrogens is 214 g/mol. The minimum atomic E-state index is -0.842. The van der Waals surface area contributed by atoms with E-state index >= 15 is 0 Å². The highest BCUT2D eigenvalue weighted by Gasteiger charge is 2.54. The molecule has 0 spiro atoms. The van der Waals surface area contributed by atoms with Crippen molar-refractivity contribution in [2.75, 3.05) is 6.61 Å². The molecule has 0 aromatic heterocycles. The van der Waals surface area contributed by atoms with Gasteiger partial charge in [0.25, 0.3) is 0 Å². The van der Waals surface area contributed by atoms with Gasteiger partial charge in [-0.1, -0.05) is 0 Å². The molecule has 2 fully saturated rings. The van der Waals surface area contributed by atoms with E-state index in [1.165, 1.54) is 0 Å². The Bertz CT molecular complexity index is 359. The first-order valence-corrected chi connectivity index (χ1v) is 5.09. The Balaban J connectivity index is 1.83. The number of fused-ring (bicyclic) bond motifs is 3. The summed E-state index contributed by atoms with van der Waals surface area (Å²) in [5, 5.41) is 18.8. The highest BCUT2D eigenvalue weighted by molar-refractivity contribution is 5.91. The lowest BCUT2D eigenvalue weighted by Gasteiger charge is -2.26. The van der Waals surface area contributed by atoms with Gasteiger partial charge in [-0.05, 0) is 6.08 Å². The molecule has 7 heteroatoms. The van der Waals surface area contributed by atoms with Gasteiger partial charge >= 0.3 is 0 Å². The molecular formula is C9H13N3O4. The highest BCUT2D eigenvalue weighted by Crippen LogP contribution is 2.36. The zero-order valence-corrected chi connectivity index (χ0v) is 8.43. The molecule has 0 amide bonds. The third-order valence-corrected chi connectivity index (χ3v) is 3.00. The van der Waals surface area contributed by atoms with Crippen LogP contribution in [-0.2, 0) is 9.47 Å². The van der Waals surface area contributed by atoms with Gasteiger partial charge < -0.3 is 30.3 Å². The molecule has 0 radical (unpaired) electrons. The van der Waals surface area contributed by atoms with E-state index in [4.69, 9.17) is 20.3 Å². The molecule has 0 unspecified atom stereocenters. The summed E-state index contributed by atoms with van der Waals surface area (Å²) in [6.07, 6.45) is 0.480. The number of aliphatic hydroxyl groups is 2. The van der Waals surface area contributed by atoms with Gasteiger partial charge in [0.2, 0.25) is 6.35 Å². The highest BCUT2D eigenvalue weighted by atomic mass is 16.6. The van der Waals surface area contributed by atoms with Gasteiger partial charge in [0, 0.05) is 6.20 Å². The third-order valence-electron chi connectivity index (χ3n) is 3.00. The maximum absolute atomic E-state index is 9.83. The lowest BCUT2D eigenvalue weighted by molar-refractivity contribution is -0.0910. The first-order valence-electron chi connectivity index (χ1n) is 5.09. The van der Waals surface area contributed by atoms with Crippen LogP contribution in [0, 0.1) is 0 Å². The molecule has 4 N–H and O–H groups in total. The predicted molar refractivity (Wildman–Crippen MR) is 53.0 cm³/mol. The van der Waals surface area contributed by atoms with Gasteiger partial charge in [0.05, 0.1) is 6.61 Å². The summed E-state index contributed by atoms with van der Waals surface area (Å²) in [4.78, 5) is 5.81. The maximum atomic E-state index is 9.83. The molecule has 0 aliphatic carbocycles. The fourth-order valence-electron chi connectivity index (χ4n) is 2.18. The molecule has 5 atom stereocenters. The van der Waals surface area contributed by atoms with Crippen LogP contribution in [0.1, 0.15) is 0 Å². The van der Waals surface area contributed by atoms with Crippen LogP contribution in [0.3, 0.4) is 0 Å². The molecule has 3 rings (SSSR count). The summed E-state index contributed by atoms with van der Waals surface area (Å²) in [5.41, 5.74) is 5.54. The zero-order valence-electron chi connectivity index (χ0n) is 8.43. The van der Waals surface area contributed by atoms with Crippen molar-refractivity contribution in [1.29, 1.82) is 0 Å². The number of nitrogens with zero attached hydrogens (tertiary/aromatic N) is 2. The number of rotatable bonds is 1. The van der Waals surface area contributed by atoms with Crippen LogP contribution in [0.2, 0.25) is 0 Å². The van der Waals surface area contributed by atoms with Crippen LogP contribution in [-0.4, -0.2) is 58.4 Å². The molecule has 16 heavy (non-hydrogen) atoms. The predicted octanol–water partition coefficient (Wildman–Crippen LogP) is -2.07. The molecule has 2 saturated heterocycles. The van der Waals surface area contributed by atoms with Crippen molar-refractivity contribution in [3.8, 4) is 0 Å². The Morgan fingerprint density at radius 2 is 2.31 bits per heavy atom. The minimum absolute atomic E-state index is 0.231. The van der Waals surface area contributed by atoms with Crippen LogP contribution in [0.5, 0.6) is 0 Å². The van der Waals surface area contributed by atoms with Crippen molar-refractivity contribution in [3.63, 3.8) is 0 Å². The monoisotopic (exact) mass is 227 g/mol. The Morgan fingerprint density at radius 3 is 3.06 bits per heavy atom. The molecule has 3 aliphatic rings. The molecule has 7 nitrogen and oxygen atoms in total. The van der Waals surface area contributed by atoms with Gasteiger partial charge in [-0.15, -0.1) is 0 Å². The van der Waals surface area contributed by atoms with Gasteiger partial charge in [-0.25, -0.2) is 4.99 Å². The Morgan fingerprint density at radius 1 is 1.50 bits per heavy atom. The Hall–Kier alpha value is -1.15. The summed E-state index contributed by atoms with van der Waals surface area (Å²) in [6.45, 7) is -0.231. The largest absolute Gasteiger partial charge is 0.394 e. The smallest absolute Gasteiger partial charge is 0.232 e. The summed E-state index contributed by atoms with van der Waals surface area (Å²) < 4.78 is 11.0. The lowest BCUT2D eigenvalue weighted by Crippen LogP contribution is -2.37. The first kappa shape index (κ1) is 10.0. The second-order valence-electron chi connectivity index (χ2n) is 3.98. The number of hydrogen-bond acceptors (Lipinski definition) is 7. The normalized spacial score (nSPS) is 45.5. The van der Waals surface area contributed by atoms with Crippen LogP contribution in [0.25, 0.3) is 0 Å². The van der Waals surface area contributed by atoms with Gasteiger partial charge in [0.15, 0.2) is 6.23 Å². The summed E-state index contributed by atoms with van der Waals surface area (Å²) >= 11 is 0. The Labute approximate surface area is 91.8 Å². The Kier molecular flexibility index (Phi) is 2.15. The van der Waals surface area contributed by atoms with E-state index in [0.29, 0.717) is 5.84 Å². The molecule has 88 valence electrons. The fraction of sp³-hybridized carbons (Fsp3) is 0.667. The molecule has 0 aromatic carbocycles. The summed E-state index contributed by atoms with van der Waals surface area (Å²) in [6, 6.07) is 0. The van der Waals surface area contributed by atoms with E-state index in [9.17, 15) is 5.11 Å². The minimum Gasteiger partial charge on any atom is -0.394 e. The van der Waals surface area contributed by atoms with Crippen LogP contribution in [0.15, 0.2) is 17.3 Å². The third kappa shape index (κ3) is 1.26. The van der Waals surface area contributed by atoms with Crippen molar-refractivity contribution in [1.82, 2.24) is 4.90 Å². The van der Waals surface area contributed by atoms with E-state index in [-0.39, 0.29) is 6.61 Å². The lowest BCUT2D eigenvalue weighted by atomic mass is 10.1. The topological polar surface area (TPSA) is 101 Å². The molecule has 0 saturated carbocycles. The number of hydrogen-bond donors (Lipinski definition) is 3. The summed E-state index contributed by atoms with van der Waals surface area (Å²) in [5.74, 6) is 0.384. The van der Waals surface area contributed by atoms with Crippen LogP contribution < -0.4 is 5.73 Å². The van der Waals surface area contributed by atoms with Gasteiger partial charge in [0.1, 0.15) is 24.1 Å². The van der Waals surface area contributed by atoms with Crippen molar-refractivity contribution < 1.29 is 19.7 Å². The van der Waals surface area contributed by atoms with Crippen molar-refractivity contribution >= 4 is 5.84 Å². The van der Waals surface area contributed by atoms with E-state index in [0.717, 1.165) is 0 Å². The number of aliphatic hydroxyl groups excluding tert-OH is 2. The van der Waals surface area contributed by atoms with Gasteiger partial charge in [-0.2, -0.15) is 0 Å². The van der Waals surface area contributed by atoms with E-state index in [1.54, 1.807) is 17.2 Å². The van der Waals surface area contributed by atoms with E-state index < -0.39 is 30.9 Å². The number of aliphatic imine (C=N–C) groups is 1. The molecule has 0 bridgehead atoms. The molecule has 3 heterocycles. The second kappa shape index (κ2) is 3.42. The number of nitrogens with two attached hydrogens (primary N) is 1. The SMILES string of the molecule is NC1=N[C@H]2O[C@@H]3[C@H](O)[C@H](CO)O[C@@H]3N2C=C1. The molecule has 3 aliphatic heterocycles. The van der Waals surface area contributed by atoms with E-state index in [1.807, 2.05) is 0 Å². The van der Waals surface area contributed by atoms with Gasteiger partial charge in [-0.3, -0.25) is 0 Å². The summed E-state index contributed by atoms with van der Waals surface area (Å²) in [7, 11) is 0.